The Morgan fingerprint density at radius 3 is 0.938 bits per heavy atom. The minimum atomic E-state index is -1.42. The first-order valence-electron chi connectivity index (χ1n) is 7.60. The Hall–Kier alpha value is -1.45. The molecule has 0 spiro atoms. The number of hydrogen-bond acceptors (Lipinski definition) is 12. The summed E-state index contributed by atoms with van der Waals surface area (Å²) in [6, 6.07) is 0. The molecule has 2 radical (unpaired) electrons. The van der Waals surface area contributed by atoms with Crippen molar-refractivity contribution in [3.8, 4) is 0 Å². The van der Waals surface area contributed by atoms with Crippen LogP contribution in [-0.4, -0.2) is 110 Å². The van der Waals surface area contributed by atoms with Crippen LogP contribution in [0.25, 0.3) is 0 Å². The molecule has 0 aliphatic rings. The van der Waals surface area contributed by atoms with E-state index < -0.39 is 50.1 Å². The molecule has 0 amide bonds. The average molecular weight is 568 g/mol. The van der Waals surface area contributed by atoms with E-state index in [1.165, 1.54) is 0 Å². The van der Waals surface area contributed by atoms with Gasteiger partial charge in [-0.2, -0.15) is 0 Å². The summed E-state index contributed by atoms with van der Waals surface area (Å²) < 4.78 is 10.3. The monoisotopic (exact) mass is 566 g/mol. The molecule has 196 valence electrons. The Labute approximate surface area is 203 Å². The third-order valence-corrected chi connectivity index (χ3v) is 2.89. The average Bonchev–Trinajstić information content (AvgIpc) is 2.47. The molecule has 32 heavy (non-hydrogen) atoms. The number of carboxylic acid groups (broad SMARTS) is 4. The van der Waals surface area contributed by atoms with E-state index in [-0.39, 0.29) is 94.4 Å². The van der Waals surface area contributed by atoms with Crippen molar-refractivity contribution in [3.63, 3.8) is 0 Å². The number of hydrogen-bond donors (Lipinski definition) is 0. The summed E-state index contributed by atoms with van der Waals surface area (Å²) >= 11 is 0. The van der Waals surface area contributed by atoms with Crippen molar-refractivity contribution >= 4 is 23.9 Å². The molecule has 0 saturated carbocycles. The zero-order valence-electron chi connectivity index (χ0n) is 16.8. The molecule has 0 atom stereocenters. The first kappa shape index (κ1) is 48.1. The number of rotatable bonds is 17. The Kier molecular flexibility index (Phi) is 44.4. The van der Waals surface area contributed by atoms with Gasteiger partial charge in [-0.15, -0.1) is 0 Å². The van der Waals surface area contributed by atoms with Crippen LogP contribution in [0.15, 0.2) is 0 Å². The maximum Gasteiger partial charge on any atom is 3.00 e. The van der Waals surface area contributed by atoms with E-state index in [0.29, 0.717) is 0 Å². The summed E-state index contributed by atoms with van der Waals surface area (Å²) in [4.78, 5) is 44.0. The van der Waals surface area contributed by atoms with Crippen molar-refractivity contribution in [1.29, 1.82) is 0 Å². The maximum atomic E-state index is 10.5. The number of carbonyl (C=O) groups is 4. The van der Waals surface area contributed by atoms with Crippen LogP contribution in [0.1, 0.15) is 0 Å². The molecule has 0 fully saturated rings. The van der Waals surface area contributed by atoms with Crippen molar-refractivity contribution < 1.29 is 104 Å². The zero-order valence-corrected chi connectivity index (χ0v) is 18.8. The second-order valence-electron chi connectivity index (χ2n) is 5.13. The molecule has 0 unspecified atom stereocenters. The van der Waals surface area contributed by atoms with Crippen LogP contribution in [-0.2, 0) is 72.6 Å². The van der Waals surface area contributed by atoms with Crippen LogP contribution in [0, 0.1) is 0 Å². The van der Waals surface area contributed by atoms with Gasteiger partial charge >= 0.3 is 33.0 Å². The molecular formula is C14H30N2Ni2O14+4. The minimum Gasteiger partial charge on any atom is -0.549 e. The van der Waals surface area contributed by atoms with Crippen LogP contribution in [0.5, 0.6) is 0 Å². The quantitative estimate of drug-likeness (QED) is 0.0897. The molecule has 0 bridgehead atoms. The number of carbonyl (C=O) groups excluding carboxylic acids is 4. The van der Waals surface area contributed by atoms with Gasteiger partial charge in [-0.25, -0.2) is 0 Å². The third-order valence-electron chi connectivity index (χ3n) is 2.89. The van der Waals surface area contributed by atoms with Gasteiger partial charge in [0, 0.05) is 39.3 Å². The molecule has 0 aliphatic heterocycles. The van der Waals surface area contributed by atoms with Gasteiger partial charge in [-0.3, -0.25) is 9.80 Å². The fourth-order valence-corrected chi connectivity index (χ4v) is 1.87. The maximum absolute atomic E-state index is 10.5. The molecule has 16 nitrogen and oxygen atoms in total. The van der Waals surface area contributed by atoms with Gasteiger partial charge in [-0.05, 0) is 0 Å². The Bertz CT molecular complexity index is 412. The van der Waals surface area contributed by atoms with Crippen molar-refractivity contribution in [2.24, 2.45) is 0 Å². The van der Waals surface area contributed by atoms with E-state index in [0.717, 1.165) is 9.80 Å². The van der Waals surface area contributed by atoms with E-state index in [4.69, 9.17) is 9.47 Å². The second kappa shape index (κ2) is 29.5. The van der Waals surface area contributed by atoms with Crippen LogP contribution in [0.3, 0.4) is 0 Å². The largest absolute Gasteiger partial charge is 3.00 e. The van der Waals surface area contributed by atoms with Gasteiger partial charge in [0.05, 0.1) is 50.3 Å². The van der Waals surface area contributed by atoms with Crippen molar-refractivity contribution in [3.05, 3.63) is 0 Å². The molecule has 0 aliphatic carbocycles. The second-order valence-corrected chi connectivity index (χ2v) is 5.13. The Morgan fingerprint density at radius 2 is 0.750 bits per heavy atom. The minimum absolute atomic E-state index is 0. The SMILES string of the molecule is O.O.O=C([O-])CN(CCOCCOCCN(CC(=O)[O-])CC(=O)[O-])CC(=O)[O-].[Ni+3].[Ni+3].[OH3+].[OH3+]. The molecule has 0 aromatic carbocycles. The number of ether oxygens (including phenoxy) is 2. The van der Waals surface area contributed by atoms with Gasteiger partial charge in [0.2, 0.25) is 0 Å². The molecule has 0 heterocycles. The smallest absolute Gasteiger partial charge is 0.549 e. The first-order valence-corrected chi connectivity index (χ1v) is 7.60. The Balaban J connectivity index is -0.000000208. The molecule has 0 rings (SSSR count). The van der Waals surface area contributed by atoms with Crippen molar-refractivity contribution in [1.82, 2.24) is 9.80 Å². The van der Waals surface area contributed by atoms with Crippen molar-refractivity contribution in [2.75, 3.05) is 65.7 Å². The molecule has 18 heteroatoms. The summed E-state index contributed by atoms with van der Waals surface area (Å²) in [5, 5.41) is 41.9. The summed E-state index contributed by atoms with van der Waals surface area (Å²) in [7, 11) is 0. The number of carboxylic acids is 4. The molecule has 10 N–H and O–H groups in total. The number of nitrogens with zero attached hydrogens (tertiary/aromatic N) is 2. The van der Waals surface area contributed by atoms with Crippen LogP contribution < -0.4 is 20.4 Å². The van der Waals surface area contributed by atoms with E-state index in [2.05, 4.69) is 0 Å². The summed E-state index contributed by atoms with van der Waals surface area (Å²) in [5.41, 5.74) is 0. The van der Waals surface area contributed by atoms with E-state index in [1.54, 1.807) is 0 Å². The van der Waals surface area contributed by atoms with Gasteiger partial charge < -0.3 is 71.0 Å². The fraction of sp³-hybridized carbons (Fsp3) is 0.714. The molecule has 0 saturated heterocycles. The van der Waals surface area contributed by atoms with Crippen LogP contribution >= 0.6 is 0 Å². The standard InChI is InChI=1S/C14H24N2O10.2Ni.4H2O/c17-11(18)7-15(8-12(19)20)1-3-25-5-6-26-4-2-16(9-13(21)22)10-14(23)24;;;;;;/h1-10H2,(H,17,18)(H,19,20)(H,21,22)(H,23,24);;;4*1H2/q;2*+3;;;;/p-2. The van der Waals surface area contributed by atoms with E-state index in [1.807, 2.05) is 0 Å². The molecule has 0 aromatic heterocycles. The topological polar surface area (TPSA) is 314 Å². The van der Waals surface area contributed by atoms with E-state index >= 15 is 0 Å². The van der Waals surface area contributed by atoms with Gasteiger partial charge in [0.15, 0.2) is 0 Å². The van der Waals surface area contributed by atoms with Gasteiger partial charge in [-0.1, -0.05) is 0 Å². The number of aliphatic carboxylic acids is 4. The zero-order chi connectivity index (χ0) is 19.9. The van der Waals surface area contributed by atoms with Crippen molar-refractivity contribution in [2.45, 2.75) is 0 Å². The van der Waals surface area contributed by atoms with Crippen LogP contribution in [0.4, 0.5) is 0 Å². The first-order chi connectivity index (χ1) is 12.2. The van der Waals surface area contributed by atoms with E-state index in [9.17, 15) is 39.6 Å². The van der Waals surface area contributed by atoms with Gasteiger partial charge in [0.25, 0.3) is 0 Å². The predicted molar refractivity (Wildman–Crippen MR) is 91.5 cm³/mol. The van der Waals surface area contributed by atoms with Gasteiger partial charge in [0.1, 0.15) is 0 Å². The Morgan fingerprint density at radius 1 is 0.531 bits per heavy atom. The predicted octanol–water partition coefficient (Wildman–Crippen LogP) is -10.9. The van der Waals surface area contributed by atoms with Crippen LogP contribution in [0.2, 0.25) is 0 Å². The molecular weight excluding hydrogens is 538 g/mol. The summed E-state index contributed by atoms with van der Waals surface area (Å²) in [6.07, 6.45) is 0. The third kappa shape index (κ3) is 33.2. The fourth-order valence-electron chi connectivity index (χ4n) is 1.87. The summed E-state index contributed by atoms with van der Waals surface area (Å²) in [5.74, 6) is -5.70. The summed E-state index contributed by atoms with van der Waals surface area (Å²) in [6.45, 7) is -1.88. The molecule has 0 aromatic rings. The normalized spacial score (nSPS) is 8.94.